The highest BCUT2D eigenvalue weighted by Crippen LogP contribution is 2.32. The van der Waals surface area contributed by atoms with Crippen LogP contribution in [0.5, 0.6) is 0 Å². The van der Waals surface area contributed by atoms with Gasteiger partial charge in [-0.3, -0.25) is 14.9 Å². The minimum absolute atomic E-state index is 0.0481. The first-order chi connectivity index (χ1) is 16.2. The third-order valence-corrected chi connectivity index (χ3v) is 6.19. The lowest BCUT2D eigenvalue weighted by molar-refractivity contribution is -0.137. The molecule has 4 rings (SSSR count). The second-order valence-electron chi connectivity index (χ2n) is 7.70. The van der Waals surface area contributed by atoms with E-state index >= 15 is 0 Å². The molecule has 6 nitrogen and oxygen atoms in total. The van der Waals surface area contributed by atoms with E-state index < -0.39 is 23.5 Å². The Balaban J connectivity index is 1.30. The number of carbonyl (C=O) groups is 2. The van der Waals surface area contributed by atoms with Gasteiger partial charge in [0.1, 0.15) is 5.82 Å². The van der Waals surface area contributed by atoms with Crippen molar-refractivity contribution < 1.29 is 27.2 Å². The van der Waals surface area contributed by atoms with Crippen molar-refractivity contribution >= 4 is 34.0 Å². The summed E-state index contributed by atoms with van der Waals surface area (Å²) in [6.07, 6.45) is -4.36. The van der Waals surface area contributed by atoms with E-state index in [0.717, 1.165) is 12.1 Å². The molecule has 178 valence electrons. The summed E-state index contributed by atoms with van der Waals surface area (Å²) >= 11 is 1.18. The summed E-state index contributed by atoms with van der Waals surface area (Å²) in [7, 11) is 0. The normalized spacial score (nSPS) is 14.2. The number of nitrogens with zero attached hydrogens (tertiary/aromatic N) is 3. The van der Waals surface area contributed by atoms with Crippen LogP contribution in [0.4, 0.5) is 28.4 Å². The Bertz CT molecular complexity index is 1170. The first-order valence-electron chi connectivity index (χ1n) is 10.4. The van der Waals surface area contributed by atoms with E-state index in [1.165, 1.54) is 41.7 Å². The monoisotopic (exact) mass is 492 g/mol. The SMILES string of the molecule is O=C(Nc1nc(CC(=O)N2CCN(c3cccc(C(F)(F)F)c3)CC2)cs1)c1ccc(F)cc1. The molecule has 34 heavy (non-hydrogen) atoms. The van der Waals surface area contributed by atoms with Gasteiger partial charge in [-0.25, -0.2) is 9.37 Å². The topological polar surface area (TPSA) is 65.5 Å². The zero-order valence-corrected chi connectivity index (χ0v) is 18.6. The molecular formula is C23H20F4N4O2S. The van der Waals surface area contributed by atoms with Crippen LogP contribution in [-0.2, 0) is 17.4 Å². The Labute approximate surface area is 196 Å². The summed E-state index contributed by atoms with van der Waals surface area (Å²) in [6, 6.07) is 10.3. The number of rotatable bonds is 5. The number of hydrogen-bond donors (Lipinski definition) is 1. The molecule has 0 radical (unpaired) electrons. The van der Waals surface area contributed by atoms with Gasteiger partial charge in [-0.2, -0.15) is 13.2 Å². The summed E-state index contributed by atoms with van der Waals surface area (Å²) in [4.78, 5) is 32.6. The summed E-state index contributed by atoms with van der Waals surface area (Å²) in [5.41, 5.74) is 0.565. The molecule has 1 aromatic heterocycles. The fourth-order valence-corrected chi connectivity index (χ4v) is 4.28. The van der Waals surface area contributed by atoms with Crippen LogP contribution in [0.25, 0.3) is 0 Å². The van der Waals surface area contributed by atoms with E-state index in [2.05, 4.69) is 10.3 Å². The lowest BCUT2D eigenvalue weighted by Crippen LogP contribution is -2.49. The smallest absolute Gasteiger partial charge is 0.368 e. The number of alkyl halides is 3. The van der Waals surface area contributed by atoms with Crippen molar-refractivity contribution in [1.82, 2.24) is 9.88 Å². The van der Waals surface area contributed by atoms with Gasteiger partial charge >= 0.3 is 6.18 Å². The average Bonchev–Trinajstić information content (AvgIpc) is 3.25. The van der Waals surface area contributed by atoms with E-state index in [0.29, 0.717) is 42.7 Å². The molecule has 2 aromatic carbocycles. The van der Waals surface area contributed by atoms with Crippen molar-refractivity contribution in [3.8, 4) is 0 Å². The van der Waals surface area contributed by atoms with Crippen LogP contribution in [0.15, 0.2) is 53.9 Å². The predicted octanol–water partition coefficient (Wildman–Crippen LogP) is 4.44. The van der Waals surface area contributed by atoms with E-state index in [1.54, 1.807) is 16.3 Å². The van der Waals surface area contributed by atoms with Crippen molar-refractivity contribution in [3.63, 3.8) is 0 Å². The minimum atomic E-state index is -4.40. The zero-order chi connectivity index (χ0) is 24.3. The van der Waals surface area contributed by atoms with Gasteiger partial charge in [0.15, 0.2) is 5.13 Å². The van der Waals surface area contributed by atoms with Crippen LogP contribution < -0.4 is 10.2 Å². The van der Waals surface area contributed by atoms with E-state index in [4.69, 9.17) is 0 Å². The summed E-state index contributed by atoms with van der Waals surface area (Å²) in [6.45, 7) is 1.60. The van der Waals surface area contributed by atoms with Gasteiger partial charge in [0, 0.05) is 42.8 Å². The van der Waals surface area contributed by atoms with Crippen LogP contribution in [0.3, 0.4) is 0 Å². The minimum Gasteiger partial charge on any atom is -0.368 e. The Morgan fingerprint density at radius 1 is 1.03 bits per heavy atom. The molecule has 0 bridgehead atoms. The van der Waals surface area contributed by atoms with E-state index in [1.807, 2.05) is 4.90 Å². The van der Waals surface area contributed by atoms with Gasteiger partial charge < -0.3 is 9.80 Å². The Hall–Kier alpha value is -3.47. The third-order valence-electron chi connectivity index (χ3n) is 5.38. The van der Waals surface area contributed by atoms with Crippen LogP contribution >= 0.6 is 11.3 Å². The van der Waals surface area contributed by atoms with Crippen molar-refractivity contribution in [3.05, 3.63) is 76.5 Å². The van der Waals surface area contributed by atoms with E-state index in [-0.39, 0.29) is 17.9 Å². The summed E-state index contributed by atoms with van der Waals surface area (Å²) < 4.78 is 51.9. The zero-order valence-electron chi connectivity index (χ0n) is 17.8. The Morgan fingerprint density at radius 3 is 2.41 bits per heavy atom. The maximum Gasteiger partial charge on any atom is 0.416 e. The molecule has 2 heterocycles. The highest BCUT2D eigenvalue weighted by Gasteiger charge is 2.31. The Morgan fingerprint density at radius 2 is 1.74 bits per heavy atom. The van der Waals surface area contributed by atoms with Gasteiger partial charge in [-0.05, 0) is 42.5 Å². The molecule has 1 fully saturated rings. The number of nitrogens with one attached hydrogen (secondary N) is 1. The number of piperazine rings is 1. The second-order valence-corrected chi connectivity index (χ2v) is 8.56. The molecule has 1 aliphatic rings. The molecular weight excluding hydrogens is 472 g/mol. The van der Waals surface area contributed by atoms with Gasteiger partial charge in [0.05, 0.1) is 17.7 Å². The van der Waals surface area contributed by atoms with Crippen molar-refractivity contribution in [2.45, 2.75) is 12.6 Å². The van der Waals surface area contributed by atoms with Gasteiger partial charge in [-0.1, -0.05) is 6.07 Å². The maximum absolute atomic E-state index is 13.0. The Kier molecular flexibility index (Phi) is 6.82. The molecule has 11 heteroatoms. The van der Waals surface area contributed by atoms with Crippen LogP contribution in [0.1, 0.15) is 21.6 Å². The number of amides is 2. The number of thiazole rings is 1. The molecule has 0 atom stereocenters. The van der Waals surface area contributed by atoms with Gasteiger partial charge in [0.2, 0.25) is 5.91 Å². The fourth-order valence-electron chi connectivity index (χ4n) is 3.58. The average molecular weight is 492 g/mol. The number of benzene rings is 2. The van der Waals surface area contributed by atoms with Gasteiger partial charge in [0.25, 0.3) is 5.91 Å². The van der Waals surface area contributed by atoms with Crippen LogP contribution in [0, 0.1) is 5.82 Å². The number of hydrogen-bond acceptors (Lipinski definition) is 5. The molecule has 1 N–H and O–H groups in total. The highest BCUT2D eigenvalue weighted by atomic mass is 32.1. The summed E-state index contributed by atoms with van der Waals surface area (Å²) in [5, 5.41) is 4.63. The molecule has 1 saturated heterocycles. The predicted molar refractivity (Wildman–Crippen MR) is 120 cm³/mol. The second kappa shape index (κ2) is 9.80. The molecule has 3 aromatic rings. The van der Waals surface area contributed by atoms with Crippen molar-refractivity contribution in [2.24, 2.45) is 0 Å². The quantitative estimate of drug-likeness (QED) is 0.535. The first-order valence-corrected chi connectivity index (χ1v) is 11.3. The van der Waals surface area contributed by atoms with E-state index in [9.17, 15) is 27.2 Å². The van der Waals surface area contributed by atoms with Gasteiger partial charge in [-0.15, -0.1) is 11.3 Å². The molecule has 0 unspecified atom stereocenters. The number of aromatic nitrogens is 1. The highest BCUT2D eigenvalue weighted by molar-refractivity contribution is 7.14. The lowest BCUT2D eigenvalue weighted by Gasteiger charge is -2.36. The number of halogens is 4. The van der Waals surface area contributed by atoms with Crippen molar-refractivity contribution in [2.75, 3.05) is 36.4 Å². The number of anilines is 2. The first kappa shape index (κ1) is 23.7. The molecule has 0 spiro atoms. The number of carbonyl (C=O) groups excluding carboxylic acids is 2. The molecule has 2 amide bonds. The maximum atomic E-state index is 13.0. The lowest BCUT2D eigenvalue weighted by atomic mass is 10.1. The third kappa shape index (κ3) is 5.71. The molecule has 0 saturated carbocycles. The molecule has 1 aliphatic heterocycles. The van der Waals surface area contributed by atoms with Crippen molar-refractivity contribution in [1.29, 1.82) is 0 Å². The van der Waals surface area contributed by atoms with Crippen LogP contribution in [-0.4, -0.2) is 47.9 Å². The fraction of sp³-hybridized carbons (Fsp3) is 0.261. The van der Waals surface area contributed by atoms with Crippen LogP contribution in [0.2, 0.25) is 0 Å². The molecule has 0 aliphatic carbocycles. The summed E-state index contributed by atoms with van der Waals surface area (Å²) in [5.74, 6) is -1.02. The largest absolute Gasteiger partial charge is 0.416 e. The standard InChI is InChI=1S/C23H20F4N4O2S/c24-17-6-4-15(5-7-17)21(33)29-22-28-18(14-34-22)13-20(32)31-10-8-30(9-11-31)19-3-1-2-16(12-19)23(25,26)27/h1-7,12,14H,8-11,13H2,(H,28,29,33).